The number of hydrogen-bond donors (Lipinski definition) is 1. The fraction of sp³-hybridized carbons (Fsp3) is 0.611. The summed E-state index contributed by atoms with van der Waals surface area (Å²) in [7, 11) is 0. The molecule has 3 unspecified atom stereocenters. The Hall–Kier alpha value is -1.06. The summed E-state index contributed by atoms with van der Waals surface area (Å²) in [5.41, 5.74) is 1.92. The number of carbonyl (C=O) groups excluding carboxylic acids is 1. The van der Waals surface area contributed by atoms with Crippen molar-refractivity contribution in [3.63, 3.8) is 0 Å². The smallest absolute Gasteiger partial charge is 0.175 e. The van der Waals surface area contributed by atoms with E-state index in [4.69, 9.17) is 4.74 Å². The predicted molar refractivity (Wildman–Crippen MR) is 83.1 cm³/mol. The Morgan fingerprint density at radius 1 is 1.32 bits per heavy atom. The molecular formula is C18H26ClNO2. The van der Waals surface area contributed by atoms with Crippen LogP contribution < -0.4 is 22.0 Å². The van der Waals surface area contributed by atoms with Gasteiger partial charge < -0.3 is 22.0 Å². The molecule has 4 heteroatoms. The summed E-state index contributed by atoms with van der Waals surface area (Å²) in [6, 6.07) is 5.95. The van der Waals surface area contributed by atoms with Gasteiger partial charge in [-0.25, -0.2) is 0 Å². The number of likely N-dealkylation sites (tertiary alicyclic amines) is 1. The van der Waals surface area contributed by atoms with Crippen molar-refractivity contribution in [3.05, 3.63) is 29.3 Å². The van der Waals surface area contributed by atoms with Crippen molar-refractivity contribution in [2.24, 2.45) is 11.8 Å². The number of rotatable bonds is 2. The number of hydrogen-bond acceptors (Lipinski definition) is 2. The number of benzene rings is 1. The lowest BCUT2D eigenvalue weighted by atomic mass is 9.92. The summed E-state index contributed by atoms with van der Waals surface area (Å²) in [5.74, 6) is 1.97. The van der Waals surface area contributed by atoms with Gasteiger partial charge in [0.15, 0.2) is 5.78 Å². The highest BCUT2D eigenvalue weighted by atomic mass is 35.5. The second kappa shape index (κ2) is 7.47. The molecule has 0 bridgehead atoms. The summed E-state index contributed by atoms with van der Waals surface area (Å²) < 4.78 is 5.78. The Kier molecular flexibility index (Phi) is 5.87. The molecule has 3 nitrogen and oxygen atoms in total. The number of quaternary nitrogens is 1. The van der Waals surface area contributed by atoms with Gasteiger partial charge in [0.25, 0.3) is 0 Å². The highest BCUT2D eigenvalue weighted by Crippen LogP contribution is 2.27. The van der Waals surface area contributed by atoms with Crippen LogP contribution in [0, 0.1) is 18.8 Å². The standard InChI is InChI=1S/C18H25NO2.ClH/c1-13-5-6-17-16(10-13)18(20)15(7-9-21-17)12-19-8-3-4-14(2)11-19;/h5-6,10,14-15H,3-4,7-9,11-12H2,1-2H3;1H. The normalized spacial score (nSPS) is 28.1. The molecule has 0 aromatic heterocycles. The van der Waals surface area contributed by atoms with Crippen molar-refractivity contribution < 1.29 is 26.8 Å². The molecule has 1 N–H and O–H groups in total. The van der Waals surface area contributed by atoms with Crippen molar-refractivity contribution >= 4 is 5.78 Å². The lowest BCUT2D eigenvalue weighted by Crippen LogP contribution is -3.14. The molecule has 0 amide bonds. The maximum absolute atomic E-state index is 12.9. The number of piperidine rings is 1. The van der Waals surface area contributed by atoms with Gasteiger partial charge in [0.2, 0.25) is 0 Å². The van der Waals surface area contributed by atoms with E-state index in [9.17, 15) is 4.79 Å². The minimum Gasteiger partial charge on any atom is -1.00 e. The molecule has 2 heterocycles. The van der Waals surface area contributed by atoms with Gasteiger partial charge in [0, 0.05) is 5.92 Å². The molecule has 3 rings (SSSR count). The molecule has 2 aliphatic rings. The molecule has 1 aromatic rings. The molecule has 1 aromatic carbocycles. The highest BCUT2D eigenvalue weighted by molar-refractivity contribution is 6.00. The number of carbonyl (C=O) groups is 1. The second-order valence-electron chi connectivity index (χ2n) is 6.85. The summed E-state index contributed by atoms with van der Waals surface area (Å²) in [6.45, 7) is 8.43. The minimum atomic E-state index is 0. The zero-order valence-corrected chi connectivity index (χ0v) is 14.3. The van der Waals surface area contributed by atoms with Gasteiger partial charge in [-0.2, -0.15) is 0 Å². The Bertz CT molecular complexity index is 532. The van der Waals surface area contributed by atoms with Gasteiger partial charge in [-0.1, -0.05) is 18.6 Å². The van der Waals surface area contributed by atoms with Gasteiger partial charge in [0.1, 0.15) is 5.75 Å². The number of ether oxygens (including phenoxy) is 1. The number of aryl methyl sites for hydroxylation is 1. The largest absolute Gasteiger partial charge is 1.00 e. The summed E-state index contributed by atoms with van der Waals surface area (Å²) in [5, 5.41) is 0. The van der Waals surface area contributed by atoms with Crippen LogP contribution in [0.1, 0.15) is 42.1 Å². The van der Waals surface area contributed by atoms with Crippen molar-refractivity contribution in [1.82, 2.24) is 0 Å². The fourth-order valence-corrected chi connectivity index (χ4v) is 3.75. The van der Waals surface area contributed by atoms with E-state index in [1.54, 1.807) is 4.90 Å². The molecule has 2 aliphatic heterocycles. The summed E-state index contributed by atoms with van der Waals surface area (Å²) in [6.07, 6.45) is 3.49. The SMILES string of the molecule is Cc1ccc2c(c1)C(=O)C(C[NH+]1CCCC(C)C1)CCO2.[Cl-]. The van der Waals surface area contributed by atoms with E-state index < -0.39 is 0 Å². The molecule has 1 saturated heterocycles. The first-order valence-corrected chi connectivity index (χ1v) is 8.24. The van der Waals surface area contributed by atoms with Gasteiger partial charge in [-0.3, -0.25) is 4.79 Å². The van der Waals surface area contributed by atoms with Crippen molar-refractivity contribution in [1.29, 1.82) is 0 Å². The maximum Gasteiger partial charge on any atom is 0.175 e. The molecule has 22 heavy (non-hydrogen) atoms. The number of ketones is 1. The molecule has 0 saturated carbocycles. The van der Waals surface area contributed by atoms with Gasteiger partial charge in [-0.05, 0) is 38.3 Å². The third kappa shape index (κ3) is 3.82. The number of fused-ring (bicyclic) bond motifs is 1. The van der Waals surface area contributed by atoms with Crippen LogP contribution in [0.2, 0.25) is 0 Å². The topological polar surface area (TPSA) is 30.7 Å². The molecule has 0 spiro atoms. The monoisotopic (exact) mass is 323 g/mol. The van der Waals surface area contributed by atoms with Crippen LogP contribution in [0.25, 0.3) is 0 Å². The Balaban J connectivity index is 0.00000176. The first-order valence-electron chi connectivity index (χ1n) is 8.24. The quantitative estimate of drug-likeness (QED) is 0.749. The zero-order valence-electron chi connectivity index (χ0n) is 13.5. The average Bonchev–Trinajstić information content (AvgIpc) is 2.60. The molecule has 0 aliphatic carbocycles. The predicted octanol–water partition coefficient (Wildman–Crippen LogP) is -1.10. The maximum atomic E-state index is 12.9. The third-order valence-corrected chi connectivity index (χ3v) is 4.89. The van der Waals surface area contributed by atoms with Crippen LogP contribution in [0.4, 0.5) is 0 Å². The highest BCUT2D eigenvalue weighted by Gasteiger charge is 2.31. The number of nitrogens with one attached hydrogen (secondary N) is 1. The van der Waals surface area contributed by atoms with Gasteiger partial charge >= 0.3 is 0 Å². The van der Waals surface area contributed by atoms with E-state index in [1.807, 2.05) is 25.1 Å². The summed E-state index contributed by atoms with van der Waals surface area (Å²) in [4.78, 5) is 14.5. The molecule has 122 valence electrons. The second-order valence-corrected chi connectivity index (χ2v) is 6.85. The summed E-state index contributed by atoms with van der Waals surface area (Å²) >= 11 is 0. The van der Waals surface area contributed by atoms with Crippen LogP contribution >= 0.6 is 0 Å². The van der Waals surface area contributed by atoms with E-state index in [0.29, 0.717) is 6.61 Å². The molecule has 0 radical (unpaired) electrons. The Labute approximate surface area is 139 Å². The number of halogens is 1. The van der Waals surface area contributed by atoms with Crippen molar-refractivity contribution in [2.75, 3.05) is 26.2 Å². The van der Waals surface area contributed by atoms with Crippen molar-refractivity contribution in [2.45, 2.75) is 33.1 Å². The lowest BCUT2D eigenvalue weighted by molar-refractivity contribution is -0.910. The van der Waals surface area contributed by atoms with Crippen LogP contribution in [-0.2, 0) is 0 Å². The van der Waals surface area contributed by atoms with E-state index >= 15 is 0 Å². The van der Waals surface area contributed by atoms with Crippen LogP contribution in [0.15, 0.2) is 18.2 Å². The van der Waals surface area contributed by atoms with Gasteiger partial charge in [-0.15, -0.1) is 0 Å². The van der Waals surface area contributed by atoms with E-state index in [1.165, 1.54) is 25.9 Å². The minimum absolute atomic E-state index is 0. The number of Topliss-reactive ketones (excluding diaryl/α,β-unsaturated/α-hetero) is 1. The van der Waals surface area contributed by atoms with E-state index in [-0.39, 0.29) is 24.1 Å². The molecular weight excluding hydrogens is 298 g/mol. The first kappa shape index (κ1) is 17.3. The molecule has 1 fully saturated rings. The Morgan fingerprint density at radius 2 is 2.14 bits per heavy atom. The third-order valence-electron chi connectivity index (χ3n) is 4.89. The Morgan fingerprint density at radius 3 is 2.91 bits per heavy atom. The lowest BCUT2D eigenvalue weighted by Gasteiger charge is -2.30. The van der Waals surface area contributed by atoms with Crippen molar-refractivity contribution in [3.8, 4) is 5.75 Å². The average molecular weight is 324 g/mol. The van der Waals surface area contributed by atoms with Crippen LogP contribution in [0.5, 0.6) is 5.75 Å². The van der Waals surface area contributed by atoms with E-state index in [0.717, 1.165) is 35.8 Å². The first-order chi connectivity index (χ1) is 10.1. The zero-order chi connectivity index (χ0) is 14.8. The van der Waals surface area contributed by atoms with Gasteiger partial charge in [0.05, 0.1) is 37.7 Å². The molecule has 3 atom stereocenters. The van der Waals surface area contributed by atoms with Crippen LogP contribution in [-0.4, -0.2) is 32.0 Å². The van der Waals surface area contributed by atoms with E-state index in [2.05, 4.69) is 6.92 Å². The van der Waals surface area contributed by atoms with Crippen LogP contribution in [0.3, 0.4) is 0 Å². The fourth-order valence-electron chi connectivity index (χ4n) is 3.75.